The molecule has 2 heterocycles. The number of amides is 1. The fourth-order valence-corrected chi connectivity index (χ4v) is 4.66. The third-order valence-electron chi connectivity index (χ3n) is 6.36. The first-order valence-electron chi connectivity index (χ1n) is 11.5. The molecule has 6 heteroatoms. The van der Waals surface area contributed by atoms with E-state index in [0.717, 1.165) is 75.2 Å². The third-order valence-corrected chi connectivity index (χ3v) is 6.36. The number of aryl methyl sites for hydroxylation is 1. The molecule has 172 valence electrons. The molecule has 1 N–H and O–H groups in total. The van der Waals surface area contributed by atoms with Gasteiger partial charge in [0.1, 0.15) is 5.75 Å². The van der Waals surface area contributed by atoms with E-state index in [2.05, 4.69) is 17.4 Å². The van der Waals surface area contributed by atoms with Crippen molar-refractivity contribution in [3.8, 4) is 5.75 Å². The molecule has 4 rings (SSSR count). The molecule has 0 spiro atoms. The Morgan fingerprint density at radius 3 is 2.66 bits per heavy atom. The van der Waals surface area contributed by atoms with Crippen molar-refractivity contribution in [3.63, 3.8) is 0 Å². The Balaban J connectivity index is 0.00000289. The summed E-state index contributed by atoms with van der Waals surface area (Å²) in [5.41, 5.74) is 5.56. The van der Waals surface area contributed by atoms with E-state index in [-0.39, 0.29) is 24.1 Å². The lowest BCUT2D eigenvalue weighted by molar-refractivity contribution is -0.118. The molecule has 0 fully saturated rings. The summed E-state index contributed by atoms with van der Waals surface area (Å²) in [6.07, 6.45) is 6.85. The highest BCUT2D eigenvalue weighted by molar-refractivity contribution is 6.02. The zero-order chi connectivity index (χ0) is 21.6. The molecule has 2 aliphatic rings. The second-order valence-electron chi connectivity index (χ2n) is 8.52. The average Bonchev–Trinajstić information content (AvgIpc) is 3.23. The molecule has 0 aliphatic carbocycles. The normalized spacial score (nSPS) is 14.2. The average molecular weight is 457 g/mol. The first-order chi connectivity index (χ1) is 15.2. The number of ether oxygens (including phenoxy) is 1. The number of hydrogen-bond acceptors (Lipinski definition) is 4. The molecule has 2 aromatic rings. The number of carbonyl (C=O) groups is 2. The fraction of sp³-hybridized carbons (Fsp3) is 0.462. The van der Waals surface area contributed by atoms with Crippen LogP contribution in [0.3, 0.4) is 0 Å². The molecule has 0 saturated carbocycles. The Morgan fingerprint density at radius 2 is 1.84 bits per heavy atom. The van der Waals surface area contributed by atoms with E-state index in [4.69, 9.17) is 4.74 Å². The molecule has 0 unspecified atom stereocenters. The number of ketones is 1. The van der Waals surface area contributed by atoms with Gasteiger partial charge in [-0.2, -0.15) is 0 Å². The molecule has 0 bridgehead atoms. The summed E-state index contributed by atoms with van der Waals surface area (Å²) in [6.45, 7) is 2.69. The number of anilines is 1. The maximum atomic E-state index is 12.7. The van der Waals surface area contributed by atoms with Crippen molar-refractivity contribution in [2.75, 3.05) is 31.6 Å². The predicted molar refractivity (Wildman–Crippen MR) is 130 cm³/mol. The monoisotopic (exact) mass is 456 g/mol. The lowest BCUT2D eigenvalue weighted by Gasteiger charge is -2.25. The van der Waals surface area contributed by atoms with E-state index in [1.807, 2.05) is 29.2 Å². The smallest absolute Gasteiger partial charge is 0.227 e. The highest BCUT2D eigenvalue weighted by atomic mass is 35.5. The molecule has 2 aromatic carbocycles. The highest BCUT2D eigenvalue weighted by Gasteiger charge is 2.31. The third kappa shape index (κ3) is 5.70. The second kappa shape index (κ2) is 11.5. The summed E-state index contributed by atoms with van der Waals surface area (Å²) in [4.78, 5) is 26.7. The number of methoxy groups -OCH3 is 1. The van der Waals surface area contributed by atoms with E-state index in [0.29, 0.717) is 12.8 Å². The van der Waals surface area contributed by atoms with Crippen molar-refractivity contribution in [2.45, 2.75) is 51.4 Å². The van der Waals surface area contributed by atoms with E-state index < -0.39 is 0 Å². The van der Waals surface area contributed by atoms with Crippen molar-refractivity contribution in [3.05, 3.63) is 58.7 Å². The predicted octanol–water partition coefficient (Wildman–Crippen LogP) is 4.53. The molecule has 2 aliphatic heterocycles. The van der Waals surface area contributed by atoms with Gasteiger partial charge in [-0.3, -0.25) is 9.59 Å². The van der Waals surface area contributed by atoms with Crippen LogP contribution in [0.2, 0.25) is 0 Å². The maximum Gasteiger partial charge on any atom is 0.227 e. The number of nitrogens with one attached hydrogen (secondary N) is 1. The molecule has 0 saturated heterocycles. The number of benzene rings is 2. The number of rotatable bonds is 11. The van der Waals surface area contributed by atoms with Gasteiger partial charge < -0.3 is 15.0 Å². The van der Waals surface area contributed by atoms with Crippen LogP contribution in [0.15, 0.2) is 36.4 Å². The second-order valence-corrected chi connectivity index (χ2v) is 8.52. The molecule has 32 heavy (non-hydrogen) atoms. The SMILES string of the molecule is COc1cccc(CCNCCCCCC(=O)c2cc3c4c(c2)CCN4C(=O)CC3)c1.Cl. The van der Waals surface area contributed by atoms with Crippen LogP contribution < -0.4 is 15.0 Å². The molecule has 1 amide bonds. The lowest BCUT2D eigenvalue weighted by Crippen LogP contribution is -2.32. The molecular formula is C26H33ClN2O3. The molecule has 0 radical (unpaired) electrons. The van der Waals surface area contributed by atoms with E-state index in [1.54, 1.807) is 7.11 Å². The Hall–Kier alpha value is -2.37. The van der Waals surface area contributed by atoms with Crippen LogP contribution in [0.4, 0.5) is 5.69 Å². The van der Waals surface area contributed by atoms with Crippen molar-refractivity contribution in [1.82, 2.24) is 5.32 Å². The van der Waals surface area contributed by atoms with Crippen LogP contribution in [-0.4, -0.2) is 38.4 Å². The summed E-state index contributed by atoms with van der Waals surface area (Å²) in [5, 5.41) is 3.49. The lowest BCUT2D eigenvalue weighted by atomic mass is 9.94. The first-order valence-corrected chi connectivity index (χ1v) is 11.5. The van der Waals surface area contributed by atoms with E-state index >= 15 is 0 Å². The number of nitrogens with zero attached hydrogens (tertiary/aromatic N) is 1. The van der Waals surface area contributed by atoms with E-state index in [1.165, 1.54) is 16.7 Å². The van der Waals surface area contributed by atoms with Gasteiger partial charge in [0, 0.05) is 24.9 Å². The van der Waals surface area contributed by atoms with Crippen LogP contribution in [0, 0.1) is 0 Å². The zero-order valence-corrected chi connectivity index (χ0v) is 19.6. The van der Waals surface area contributed by atoms with Crippen molar-refractivity contribution >= 4 is 29.8 Å². The van der Waals surface area contributed by atoms with Crippen molar-refractivity contribution < 1.29 is 14.3 Å². The standard InChI is InChI=1S/C26H32N2O3.ClH/c1-31-23-7-5-6-19(16-23)11-14-27-13-4-2-3-8-24(29)22-17-20-9-10-25(30)28-15-12-21(18-22)26(20)28;/h5-7,16-18,27H,2-4,8-15H2,1H3;1H. The van der Waals surface area contributed by atoms with Gasteiger partial charge in [-0.15, -0.1) is 12.4 Å². The number of carbonyl (C=O) groups excluding carboxylic acids is 2. The summed E-state index contributed by atoms with van der Waals surface area (Å²) in [7, 11) is 1.69. The summed E-state index contributed by atoms with van der Waals surface area (Å²) in [6, 6.07) is 12.3. The minimum Gasteiger partial charge on any atom is -0.497 e. The Morgan fingerprint density at radius 1 is 1.03 bits per heavy atom. The van der Waals surface area contributed by atoms with Crippen molar-refractivity contribution in [2.24, 2.45) is 0 Å². The number of hydrogen-bond donors (Lipinski definition) is 1. The van der Waals surface area contributed by atoms with Crippen molar-refractivity contribution in [1.29, 1.82) is 0 Å². The highest BCUT2D eigenvalue weighted by Crippen LogP contribution is 2.37. The Kier molecular flexibility index (Phi) is 8.71. The van der Waals surface area contributed by atoms with Gasteiger partial charge in [0.2, 0.25) is 5.91 Å². The maximum absolute atomic E-state index is 12.7. The summed E-state index contributed by atoms with van der Waals surface area (Å²) < 4.78 is 5.26. The van der Waals surface area contributed by atoms with Crippen LogP contribution >= 0.6 is 12.4 Å². The van der Waals surface area contributed by atoms with E-state index in [9.17, 15) is 9.59 Å². The van der Waals surface area contributed by atoms with Gasteiger partial charge in [0.25, 0.3) is 0 Å². The van der Waals surface area contributed by atoms with Gasteiger partial charge in [0.05, 0.1) is 12.8 Å². The minimum atomic E-state index is 0. The van der Waals surface area contributed by atoms with Crippen LogP contribution in [0.25, 0.3) is 0 Å². The quantitative estimate of drug-likeness (QED) is 0.398. The van der Waals surface area contributed by atoms with Gasteiger partial charge in [-0.25, -0.2) is 0 Å². The number of unbranched alkanes of at least 4 members (excludes halogenated alkanes) is 2. The topological polar surface area (TPSA) is 58.6 Å². The van der Waals surface area contributed by atoms with Crippen LogP contribution in [-0.2, 0) is 24.1 Å². The van der Waals surface area contributed by atoms with Gasteiger partial charge in [-0.05, 0) is 86.1 Å². The van der Waals surface area contributed by atoms with Crippen LogP contribution in [0.1, 0.15) is 59.2 Å². The zero-order valence-electron chi connectivity index (χ0n) is 18.8. The number of halogens is 1. The largest absolute Gasteiger partial charge is 0.497 e. The molecule has 0 aromatic heterocycles. The number of Topliss-reactive ketones (excluding diaryl/α,β-unsaturated/α-hetero) is 1. The molecular weight excluding hydrogens is 424 g/mol. The minimum absolute atomic E-state index is 0. The van der Waals surface area contributed by atoms with Gasteiger partial charge in [-0.1, -0.05) is 18.6 Å². The van der Waals surface area contributed by atoms with Crippen LogP contribution in [0.5, 0.6) is 5.75 Å². The van der Waals surface area contributed by atoms with Gasteiger partial charge in [0.15, 0.2) is 5.78 Å². The summed E-state index contributed by atoms with van der Waals surface area (Å²) in [5.74, 6) is 1.36. The van der Waals surface area contributed by atoms with Gasteiger partial charge >= 0.3 is 0 Å². The first kappa shape index (κ1) is 24.3. The fourth-order valence-electron chi connectivity index (χ4n) is 4.66. The Labute approximate surface area is 196 Å². The molecule has 0 atom stereocenters. The molecule has 5 nitrogen and oxygen atoms in total. The summed E-state index contributed by atoms with van der Waals surface area (Å²) >= 11 is 0. The Bertz CT molecular complexity index is 960.